The van der Waals surface area contributed by atoms with Gasteiger partial charge < -0.3 is 0 Å². The maximum atomic E-state index is 3.67. The summed E-state index contributed by atoms with van der Waals surface area (Å²) in [6, 6.07) is 30.2. The Labute approximate surface area is 185 Å². The number of hydrogen-bond acceptors (Lipinski definition) is 1. The van der Waals surface area contributed by atoms with Gasteiger partial charge in [0.2, 0.25) is 5.52 Å². The molecule has 3 aromatic carbocycles. The van der Waals surface area contributed by atoms with Crippen molar-refractivity contribution in [2.45, 2.75) is 42.0 Å². The van der Waals surface area contributed by atoms with Crippen LogP contribution in [0.2, 0.25) is 0 Å². The summed E-state index contributed by atoms with van der Waals surface area (Å²) >= 11 is 5.49. The van der Waals surface area contributed by atoms with E-state index in [-0.39, 0.29) is 0 Å². The van der Waals surface area contributed by atoms with E-state index in [0.717, 1.165) is 11.0 Å². The minimum Gasteiger partial charge on any atom is -0.197 e. The number of aryl methyl sites for hydroxylation is 2. The Morgan fingerprint density at radius 2 is 1.52 bits per heavy atom. The molecule has 4 rings (SSSR count). The first-order valence-corrected chi connectivity index (χ1v) is 11.8. The van der Waals surface area contributed by atoms with Gasteiger partial charge in [0, 0.05) is 27.2 Å². The standard InChI is InChI=1S/C26H25BrNS/c27-24-15-7-9-17-26(24)29-23-19-22-14-6-8-16-25(22)28(20-23)18-10-2-5-13-21-11-3-1-4-12-21/h1,3-4,6-9,11-12,14-17,19-20H,2,5,10,13,18H2/q+1. The maximum Gasteiger partial charge on any atom is 0.212 e. The van der Waals surface area contributed by atoms with Crippen LogP contribution >= 0.6 is 27.7 Å². The maximum absolute atomic E-state index is 3.67. The fourth-order valence-electron chi connectivity index (χ4n) is 3.61. The molecule has 0 spiro atoms. The van der Waals surface area contributed by atoms with Crippen LogP contribution in [-0.2, 0) is 13.0 Å². The van der Waals surface area contributed by atoms with Gasteiger partial charge in [0.05, 0.1) is 4.90 Å². The van der Waals surface area contributed by atoms with Gasteiger partial charge in [-0.05, 0) is 65.0 Å². The minimum atomic E-state index is 1.06. The summed E-state index contributed by atoms with van der Waals surface area (Å²) < 4.78 is 3.57. The lowest BCUT2D eigenvalue weighted by Crippen LogP contribution is -2.34. The van der Waals surface area contributed by atoms with Crippen LogP contribution in [0, 0.1) is 0 Å². The van der Waals surface area contributed by atoms with Crippen molar-refractivity contribution in [2.75, 3.05) is 0 Å². The summed E-state index contributed by atoms with van der Waals surface area (Å²) in [5.41, 5.74) is 2.75. The number of para-hydroxylation sites is 1. The van der Waals surface area contributed by atoms with Crippen molar-refractivity contribution in [3.63, 3.8) is 0 Å². The Bertz CT molecular complexity index is 1080. The highest BCUT2D eigenvalue weighted by Crippen LogP contribution is 2.33. The van der Waals surface area contributed by atoms with Gasteiger partial charge in [-0.1, -0.05) is 66.4 Å². The molecule has 1 aromatic heterocycles. The molecule has 0 aliphatic carbocycles. The van der Waals surface area contributed by atoms with Crippen molar-refractivity contribution in [2.24, 2.45) is 0 Å². The van der Waals surface area contributed by atoms with E-state index >= 15 is 0 Å². The van der Waals surface area contributed by atoms with E-state index in [2.05, 4.69) is 112 Å². The number of unbranched alkanes of at least 4 members (excludes halogenated alkanes) is 2. The molecule has 0 bridgehead atoms. The second-order valence-electron chi connectivity index (χ2n) is 7.26. The molecule has 29 heavy (non-hydrogen) atoms. The van der Waals surface area contributed by atoms with Crippen LogP contribution in [0.1, 0.15) is 24.8 Å². The molecule has 1 heterocycles. The molecule has 1 nitrogen and oxygen atoms in total. The van der Waals surface area contributed by atoms with E-state index < -0.39 is 0 Å². The molecular weight excluding hydrogens is 438 g/mol. The number of halogens is 1. The third kappa shape index (κ3) is 5.49. The lowest BCUT2D eigenvalue weighted by Gasteiger charge is -2.07. The quantitative estimate of drug-likeness (QED) is 0.194. The van der Waals surface area contributed by atoms with Gasteiger partial charge in [0.25, 0.3) is 0 Å². The Balaban J connectivity index is 1.45. The molecule has 0 fully saturated rings. The Morgan fingerprint density at radius 1 is 0.759 bits per heavy atom. The fourth-order valence-corrected chi connectivity index (χ4v) is 5.07. The number of hydrogen-bond donors (Lipinski definition) is 0. The SMILES string of the molecule is Brc1ccccc1Sc1cc2ccccc2[n+](CCCCCc2ccccc2)c1. The van der Waals surface area contributed by atoms with Crippen molar-refractivity contribution in [3.05, 3.63) is 101 Å². The summed E-state index contributed by atoms with van der Waals surface area (Å²) in [5.74, 6) is 0. The van der Waals surface area contributed by atoms with E-state index in [0.29, 0.717) is 0 Å². The molecule has 0 atom stereocenters. The van der Waals surface area contributed by atoms with Crippen LogP contribution in [0.15, 0.2) is 105 Å². The molecule has 146 valence electrons. The molecule has 0 saturated heterocycles. The third-order valence-corrected chi connectivity index (χ3v) is 7.09. The van der Waals surface area contributed by atoms with Crippen molar-refractivity contribution >= 4 is 38.6 Å². The van der Waals surface area contributed by atoms with Crippen molar-refractivity contribution in [3.8, 4) is 0 Å². The Kier molecular flexibility index (Phi) is 7.02. The minimum absolute atomic E-state index is 1.06. The summed E-state index contributed by atoms with van der Waals surface area (Å²) in [6.07, 6.45) is 7.17. The highest BCUT2D eigenvalue weighted by atomic mass is 79.9. The van der Waals surface area contributed by atoms with Gasteiger partial charge >= 0.3 is 0 Å². The molecule has 0 radical (unpaired) electrons. The average Bonchev–Trinajstić information content (AvgIpc) is 2.76. The van der Waals surface area contributed by atoms with Gasteiger partial charge in [-0.15, -0.1) is 0 Å². The Morgan fingerprint density at radius 3 is 2.38 bits per heavy atom. The van der Waals surface area contributed by atoms with Crippen LogP contribution in [-0.4, -0.2) is 0 Å². The first-order chi connectivity index (χ1) is 14.3. The zero-order valence-electron chi connectivity index (χ0n) is 16.4. The predicted octanol–water partition coefficient (Wildman–Crippen LogP) is 7.45. The van der Waals surface area contributed by atoms with E-state index in [4.69, 9.17) is 0 Å². The number of rotatable bonds is 8. The molecule has 4 aromatic rings. The first kappa shape index (κ1) is 20.2. The summed E-state index contributed by atoms with van der Waals surface area (Å²) in [7, 11) is 0. The van der Waals surface area contributed by atoms with Gasteiger partial charge in [-0.25, -0.2) is 0 Å². The Hall–Kier alpha value is -2.10. The average molecular weight is 463 g/mol. The number of nitrogens with zero attached hydrogens (tertiary/aromatic N) is 1. The molecular formula is C26H25BrNS+. The highest BCUT2D eigenvalue weighted by molar-refractivity contribution is 9.10. The topological polar surface area (TPSA) is 3.88 Å². The van der Waals surface area contributed by atoms with E-state index in [9.17, 15) is 0 Å². The van der Waals surface area contributed by atoms with Crippen molar-refractivity contribution in [1.29, 1.82) is 0 Å². The zero-order chi connectivity index (χ0) is 19.9. The normalized spacial score (nSPS) is 11.1. The number of pyridine rings is 1. The second kappa shape index (κ2) is 10.1. The monoisotopic (exact) mass is 462 g/mol. The molecule has 0 N–H and O–H groups in total. The molecule has 0 unspecified atom stereocenters. The lowest BCUT2D eigenvalue weighted by molar-refractivity contribution is -0.673. The van der Waals surface area contributed by atoms with Crippen molar-refractivity contribution in [1.82, 2.24) is 0 Å². The predicted molar refractivity (Wildman–Crippen MR) is 126 cm³/mol. The summed E-state index contributed by atoms with van der Waals surface area (Å²) in [5, 5.41) is 1.30. The lowest BCUT2D eigenvalue weighted by atomic mass is 10.1. The van der Waals surface area contributed by atoms with Crippen LogP contribution < -0.4 is 4.57 Å². The van der Waals surface area contributed by atoms with Gasteiger partial charge in [0.1, 0.15) is 6.54 Å². The largest absolute Gasteiger partial charge is 0.212 e. The summed E-state index contributed by atoms with van der Waals surface area (Å²) in [4.78, 5) is 2.53. The number of fused-ring (bicyclic) bond motifs is 1. The number of benzene rings is 3. The molecule has 0 saturated carbocycles. The van der Waals surface area contributed by atoms with E-state index in [1.165, 1.54) is 51.9 Å². The van der Waals surface area contributed by atoms with Crippen LogP contribution in [0.3, 0.4) is 0 Å². The molecule has 0 aliphatic heterocycles. The smallest absolute Gasteiger partial charge is 0.197 e. The first-order valence-electron chi connectivity index (χ1n) is 10.2. The van der Waals surface area contributed by atoms with Crippen LogP contribution in [0.4, 0.5) is 0 Å². The fraction of sp³-hybridized carbons (Fsp3) is 0.192. The highest BCUT2D eigenvalue weighted by Gasteiger charge is 2.13. The second-order valence-corrected chi connectivity index (χ2v) is 9.23. The van der Waals surface area contributed by atoms with Gasteiger partial charge in [-0.3, -0.25) is 0 Å². The number of aromatic nitrogens is 1. The summed E-state index contributed by atoms with van der Waals surface area (Å²) in [6.45, 7) is 1.06. The van der Waals surface area contributed by atoms with Crippen LogP contribution in [0.5, 0.6) is 0 Å². The molecule has 3 heteroatoms. The molecule has 0 amide bonds. The van der Waals surface area contributed by atoms with Gasteiger partial charge in [0.15, 0.2) is 6.20 Å². The van der Waals surface area contributed by atoms with Crippen LogP contribution in [0.25, 0.3) is 10.9 Å². The van der Waals surface area contributed by atoms with Crippen molar-refractivity contribution < 1.29 is 4.57 Å². The third-order valence-electron chi connectivity index (χ3n) is 5.10. The van der Waals surface area contributed by atoms with E-state index in [1.54, 1.807) is 0 Å². The van der Waals surface area contributed by atoms with E-state index in [1.807, 2.05) is 11.8 Å². The molecule has 0 aliphatic rings. The van der Waals surface area contributed by atoms with Gasteiger partial charge in [-0.2, -0.15) is 4.57 Å². The zero-order valence-corrected chi connectivity index (χ0v) is 18.8.